The molecule has 0 amide bonds. The Kier molecular flexibility index (Phi) is 3.72. The Hall–Kier alpha value is -1.11. The lowest BCUT2D eigenvalue weighted by molar-refractivity contribution is 0.0578. The molecule has 0 saturated heterocycles. The summed E-state index contributed by atoms with van der Waals surface area (Å²) in [5, 5.41) is 0. The van der Waals surface area contributed by atoms with Crippen LogP contribution < -0.4 is 0 Å². The van der Waals surface area contributed by atoms with E-state index in [1.54, 1.807) is 0 Å². The third-order valence-electron chi connectivity index (χ3n) is 5.26. The standard InChI is InChI=1S/C18H24O/c1-2-13-9-11-16(12-10-13)18(19)17(14-5-3-6-14)15-7-4-8-15/h9-12,14-15,17H,2-8H2,1H3. The van der Waals surface area contributed by atoms with Crippen molar-refractivity contribution in [3.8, 4) is 0 Å². The van der Waals surface area contributed by atoms with Crippen LogP contribution in [0.25, 0.3) is 0 Å². The fourth-order valence-electron chi connectivity index (χ4n) is 3.51. The van der Waals surface area contributed by atoms with Gasteiger partial charge in [0.05, 0.1) is 0 Å². The number of ketones is 1. The Balaban J connectivity index is 1.78. The summed E-state index contributed by atoms with van der Waals surface area (Å²) in [6.07, 6.45) is 8.81. The molecular formula is C18H24O. The summed E-state index contributed by atoms with van der Waals surface area (Å²) in [5.74, 6) is 2.12. The summed E-state index contributed by atoms with van der Waals surface area (Å²) in [6.45, 7) is 2.16. The largest absolute Gasteiger partial charge is 0.294 e. The van der Waals surface area contributed by atoms with Gasteiger partial charge < -0.3 is 0 Å². The first-order chi connectivity index (χ1) is 9.29. The van der Waals surface area contributed by atoms with E-state index in [2.05, 4.69) is 19.1 Å². The van der Waals surface area contributed by atoms with Crippen molar-refractivity contribution in [1.82, 2.24) is 0 Å². The van der Waals surface area contributed by atoms with Gasteiger partial charge in [-0.1, -0.05) is 44.0 Å². The number of rotatable bonds is 5. The maximum absolute atomic E-state index is 12.8. The lowest BCUT2D eigenvalue weighted by atomic mass is 9.62. The zero-order valence-electron chi connectivity index (χ0n) is 11.9. The van der Waals surface area contributed by atoms with E-state index in [9.17, 15) is 4.79 Å². The van der Waals surface area contributed by atoms with E-state index in [-0.39, 0.29) is 0 Å². The van der Waals surface area contributed by atoms with Crippen molar-refractivity contribution in [3.05, 3.63) is 35.4 Å². The minimum Gasteiger partial charge on any atom is -0.294 e. The predicted octanol–water partition coefficient (Wildman–Crippen LogP) is 4.65. The smallest absolute Gasteiger partial charge is 0.166 e. The highest BCUT2D eigenvalue weighted by molar-refractivity contribution is 5.98. The second-order valence-corrected chi connectivity index (χ2v) is 6.32. The SMILES string of the molecule is CCc1ccc(C(=O)C(C2CCC2)C2CCC2)cc1. The Morgan fingerprint density at radius 3 is 1.95 bits per heavy atom. The molecule has 0 atom stereocenters. The molecule has 1 nitrogen and oxygen atoms in total. The van der Waals surface area contributed by atoms with Crippen LogP contribution in [-0.2, 0) is 6.42 Å². The highest BCUT2D eigenvalue weighted by atomic mass is 16.1. The lowest BCUT2D eigenvalue weighted by Gasteiger charge is -2.41. The number of benzene rings is 1. The van der Waals surface area contributed by atoms with Crippen LogP contribution in [0.2, 0.25) is 0 Å². The minimum atomic E-state index is 0.329. The average molecular weight is 256 g/mol. The summed E-state index contributed by atoms with van der Waals surface area (Å²) in [4.78, 5) is 12.8. The molecule has 2 aliphatic rings. The van der Waals surface area contributed by atoms with Crippen LogP contribution in [0.1, 0.15) is 61.4 Å². The number of aryl methyl sites for hydroxylation is 1. The molecule has 2 aliphatic carbocycles. The van der Waals surface area contributed by atoms with Gasteiger partial charge in [-0.3, -0.25) is 4.79 Å². The lowest BCUT2D eigenvalue weighted by Crippen LogP contribution is -2.37. The monoisotopic (exact) mass is 256 g/mol. The summed E-state index contributed by atoms with van der Waals surface area (Å²) in [7, 11) is 0. The first kappa shape index (κ1) is 12.9. The van der Waals surface area contributed by atoms with Crippen LogP contribution in [-0.4, -0.2) is 5.78 Å². The highest BCUT2D eigenvalue weighted by Crippen LogP contribution is 2.45. The van der Waals surface area contributed by atoms with Crippen molar-refractivity contribution in [3.63, 3.8) is 0 Å². The van der Waals surface area contributed by atoms with E-state index < -0.39 is 0 Å². The Labute approximate surface area is 116 Å². The summed E-state index contributed by atoms with van der Waals surface area (Å²) in [5.41, 5.74) is 2.27. The fourth-order valence-corrected chi connectivity index (χ4v) is 3.51. The van der Waals surface area contributed by atoms with Crippen molar-refractivity contribution in [1.29, 1.82) is 0 Å². The molecular weight excluding hydrogens is 232 g/mol. The van der Waals surface area contributed by atoms with Gasteiger partial charge in [0.25, 0.3) is 0 Å². The molecule has 19 heavy (non-hydrogen) atoms. The zero-order valence-corrected chi connectivity index (χ0v) is 11.9. The zero-order chi connectivity index (χ0) is 13.2. The number of hydrogen-bond donors (Lipinski definition) is 0. The summed E-state index contributed by atoms with van der Waals surface area (Å²) < 4.78 is 0. The molecule has 1 aromatic rings. The van der Waals surface area contributed by atoms with Gasteiger partial charge in [0.2, 0.25) is 0 Å². The van der Waals surface area contributed by atoms with Gasteiger partial charge in [0.15, 0.2) is 5.78 Å². The second-order valence-electron chi connectivity index (χ2n) is 6.32. The topological polar surface area (TPSA) is 17.1 Å². The number of carbonyl (C=O) groups is 1. The molecule has 2 fully saturated rings. The Bertz CT molecular complexity index is 423. The fraction of sp³-hybridized carbons (Fsp3) is 0.611. The maximum atomic E-state index is 12.8. The molecule has 102 valence electrons. The molecule has 0 aromatic heterocycles. The minimum absolute atomic E-state index is 0.329. The van der Waals surface area contributed by atoms with E-state index in [0.29, 0.717) is 23.5 Å². The normalized spacial score (nSPS) is 20.1. The Morgan fingerprint density at radius 1 is 1.05 bits per heavy atom. The first-order valence-corrected chi connectivity index (χ1v) is 7.92. The average Bonchev–Trinajstić information content (AvgIpc) is 2.33. The van der Waals surface area contributed by atoms with E-state index >= 15 is 0 Å². The summed E-state index contributed by atoms with van der Waals surface area (Å²) >= 11 is 0. The van der Waals surface area contributed by atoms with Gasteiger partial charge in [-0.05, 0) is 49.5 Å². The first-order valence-electron chi connectivity index (χ1n) is 7.92. The van der Waals surface area contributed by atoms with E-state index in [4.69, 9.17) is 0 Å². The van der Waals surface area contributed by atoms with Crippen LogP contribution in [0.5, 0.6) is 0 Å². The van der Waals surface area contributed by atoms with Crippen molar-refractivity contribution < 1.29 is 4.79 Å². The summed E-state index contributed by atoms with van der Waals surface area (Å²) in [6, 6.07) is 8.33. The third kappa shape index (κ3) is 2.48. The molecule has 0 unspecified atom stereocenters. The molecule has 0 spiro atoms. The highest BCUT2D eigenvalue weighted by Gasteiger charge is 2.40. The van der Waals surface area contributed by atoms with Gasteiger partial charge >= 0.3 is 0 Å². The molecule has 0 aliphatic heterocycles. The quantitative estimate of drug-likeness (QED) is 0.701. The van der Waals surface area contributed by atoms with Crippen molar-refractivity contribution >= 4 is 5.78 Å². The van der Waals surface area contributed by atoms with Gasteiger partial charge in [-0.15, -0.1) is 0 Å². The number of hydrogen-bond acceptors (Lipinski definition) is 1. The second kappa shape index (κ2) is 5.48. The third-order valence-corrected chi connectivity index (χ3v) is 5.26. The van der Waals surface area contributed by atoms with Gasteiger partial charge in [-0.25, -0.2) is 0 Å². The van der Waals surface area contributed by atoms with Gasteiger partial charge in [-0.2, -0.15) is 0 Å². The van der Waals surface area contributed by atoms with Crippen molar-refractivity contribution in [2.75, 3.05) is 0 Å². The predicted molar refractivity (Wildman–Crippen MR) is 78.3 cm³/mol. The molecule has 1 aromatic carbocycles. The molecule has 3 rings (SSSR count). The molecule has 0 bridgehead atoms. The van der Waals surface area contributed by atoms with Gasteiger partial charge in [0, 0.05) is 11.5 Å². The molecule has 2 saturated carbocycles. The maximum Gasteiger partial charge on any atom is 0.166 e. The van der Waals surface area contributed by atoms with Gasteiger partial charge in [0.1, 0.15) is 0 Å². The Morgan fingerprint density at radius 2 is 1.58 bits per heavy atom. The van der Waals surface area contributed by atoms with Crippen LogP contribution >= 0.6 is 0 Å². The molecule has 1 heteroatoms. The number of carbonyl (C=O) groups excluding carboxylic acids is 1. The van der Waals surface area contributed by atoms with Crippen molar-refractivity contribution in [2.45, 2.75) is 51.9 Å². The van der Waals surface area contributed by atoms with Crippen molar-refractivity contribution in [2.24, 2.45) is 17.8 Å². The molecule has 0 radical (unpaired) electrons. The van der Waals surface area contributed by atoms with Crippen LogP contribution in [0, 0.1) is 17.8 Å². The molecule has 0 N–H and O–H groups in total. The van der Waals surface area contributed by atoms with Crippen LogP contribution in [0.4, 0.5) is 0 Å². The van der Waals surface area contributed by atoms with Crippen LogP contribution in [0.15, 0.2) is 24.3 Å². The molecule has 0 heterocycles. The van der Waals surface area contributed by atoms with E-state index in [1.165, 1.54) is 44.1 Å². The number of Topliss-reactive ketones (excluding diaryl/α,β-unsaturated/α-hetero) is 1. The van der Waals surface area contributed by atoms with E-state index in [1.807, 2.05) is 12.1 Å². The van der Waals surface area contributed by atoms with E-state index in [0.717, 1.165) is 12.0 Å². The van der Waals surface area contributed by atoms with Crippen LogP contribution in [0.3, 0.4) is 0 Å².